The normalized spacial score (nSPS) is 19.9. The number of amides is 2. The molecule has 1 fully saturated rings. The van der Waals surface area contributed by atoms with E-state index in [-0.39, 0.29) is 17.2 Å². The highest BCUT2D eigenvalue weighted by Crippen LogP contribution is 2.35. The van der Waals surface area contributed by atoms with Gasteiger partial charge in [-0.05, 0) is 54.9 Å². The molecule has 1 aromatic heterocycles. The molecule has 4 rings (SSSR count). The largest absolute Gasteiger partial charge is 0.492 e. The molecule has 0 bridgehead atoms. The molecule has 1 spiro atoms. The summed E-state index contributed by atoms with van der Waals surface area (Å²) in [6, 6.07) is 11.2. The van der Waals surface area contributed by atoms with Crippen molar-refractivity contribution in [3.05, 3.63) is 72.1 Å². The van der Waals surface area contributed by atoms with E-state index in [4.69, 9.17) is 4.74 Å². The lowest BCUT2D eigenvalue weighted by molar-refractivity contribution is -0.132. The topological polar surface area (TPSA) is 71.5 Å². The summed E-state index contributed by atoms with van der Waals surface area (Å²) in [7, 11) is 0. The Labute approximate surface area is 183 Å². The standard InChI is InChI=1S/C25H29N3O3/c29-23(17-20-7-6-13-26-18-20)28-14-11-25(12-15-28)10-4-1-5-16-31-22-9-3-2-8-21(22)24(30)27-19-25/h1-4,6-9,13,18H,5,10-12,14-17,19H2,(H,27,30)/b4-1+. The molecule has 2 aliphatic rings. The van der Waals surface area contributed by atoms with Crippen molar-refractivity contribution in [3.63, 3.8) is 0 Å². The molecule has 1 saturated heterocycles. The fraction of sp³-hybridized carbons (Fsp3) is 0.400. The van der Waals surface area contributed by atoms with E-state index in [1.807, 2.05) is 35.2 Å². The van der Waals surface area contributed by atoms with Crippen LogP contribution in [0.1, 0.15) is 41.6 Å². The Hall–Kier alpha value is -3.15. The molecule has 3 heterocycles. The smallest absolute Gasteiger partial charge is 0.255 e. The summed E-state index contributed by atoms with van der Waals surface area (Å²) in [4.78, 5) is 31.6. The zero-order chi connectivity index (χ0) is 21.5. The lowest BCUT2D eigenvalue weighted by Gasteiger charge is -2.41. The quantitative estimate of drug-likeness (QED) is 0.758. The Balaban J connectivity index is 1.42. The summed E-state index contributed by atoms with van der Waals surface area (Å²) in [5.41, 5.74) is 1.48. The molecular formula is C25H29N3O3. The Bertz CT molecular complexity index is 934. The van der Waals surface area contributed by atoms with Gasteiger partial charge >= 0.3 is 0 Å². The Morgan fingerprint density at radius 3 is 2.77 bits per heavy atom. The number of hydrogen-bond donors (Lipinski definition) is 1. The summed E-state index contributed by atoms with van der Waals surface area (Å²) in [5, 5.41) is 3.14. The zero-order valence-corrected chi connectivity index (χ0v) is 17.8. The van der Waals surface area contributed by atoms with Crippen molar-refractivity contribution in [3.8, 4) is 5.75 Å². The number of allylic oxidation sites excluding steroid dienone is 1. The van der Waals surface area contributed by atoms with E-state index in [1.165, 1.54) is 0 Å². The van der Waals surface area contributed by atoms with E-state index >= 15 is 0 Å². The van der Waals surface area contributed by atoms with Crippen LogP contribution in [0.25, 0.3) is 0 Å². The number of ether oxygens (including phenoxy) is 1. The number of carbonyl (C=O) groups excluding carboxylic acids is 2. The first-order valence-corrected chi connectivity index (χ1v) is 11.0. The molecule has 1 aromatic carbocycles. The molecule has 162 valence electrons. The number of rotatable bonds is 2. The molecule has 0 radical (unpaired) electrons. The van der Waals surface area contributed by atoms with Gasteiger partial charge in [-0.15, -0.1) is 0 Å². The van der Waals surface area contributed by atoms with Crippen molar-refractivity contribution in [2.24, 2.45) is 5.41 Å². The van der Waals surface area contributed by atoms with Gasteiger partial charge in [0.2, 0.25) is 5.91 Å². The van der Waals surface area contributed by atoms with E-state index < -0.39 is 0 Å². The van der Waals surface area contributed by atoms with Crippen molar-refractivity contribution in [1.82, 2.24) is 15.2 Å². The Morgan fingerprint density at radius 2 is 1.97 bits per heavy atom. The predicted molar refractivity (Wildman–Crippen MR) is 119 cm³/mol. The van der Waals surface area contributed by atoms with Gasteiger partial charge in [-0.1, -0.05) is 30.4 Å². The van der Waals surface area contributed by atoms with E-state index in [0.717, 1.165) is 31.2 Å². The monoisotopic (exact) mass is 419 g/mol. The number of carbonyl (C=O) groups is 2. The number of fused-ring (bicyclic) bond motifs is 1. The fourth-order valence-electron chi connectivity index (χ4n) is 4.30. The minimum atomic E-state index is -0.102. The highest BCUT2D eigenvalue weighted by molar-refractivity contribution is 5.96. The second kappa shape index (κ2) is 9.77. The van der Waals surface area contributed by atoms with Gasteiger partial charge in [0, 0.05) is 32.0 Å². The van der Waals surface area contributed by atoms with Gasteiger partial charge < -0.3 is 15.0 Å². The van der Waals surface area contributed by atoms with Crippen LogP contribution in [-0.4, -0.2) is 47.9 Å². The zero-order valence-electron chi connectivity index (χ0n) is 17.8. The summed E-state index contributed by atoms with van der Waals surface area (Å²) < 4.78 is 5.80. The number of nitrogens with one attached hydrogen (secondary N) is 1. The maximum Gasteiger partial charge on any atom is 0.255 e. The highest BCUT2D eigenvalue weighted by Gasteiger charge is 2.35. The first-order valence-electron chi connectivity index (χ1n) is 11.0. The summed E-state index contributed by atoms with van der Waals surface area (Å²) in [5.74, 6) is 0.662. The van der Waals surface area contributed by atoms with Gasteiger partial charge in [-0.3, -0.25) is 14.6 Å². The number of pyridine rings is 1. The van der Waals surface area contributed by atoms with Crippen molar-refractivity contribution < 1.29 is 14.3 Å². The van der Waals surface area contributed by atoms with Crippen LogP contribution in [0.5, 0.6) is 5.75 Å². The van der Waals surface area contributed by atoms with Crippen molar-refractivity contribution in [2.45, 2.75) is 32.1 Å². The SMILES string of the molecule is O=C1NCC2(C/C=C/CCOc3ccccc31)CCN(C(=O)Cc1cccnc1)CC2. The third kappa shape index (κ3) is 5.32. The molecule has 0 aliphatic carbocycles. The van der Waals surface area contributed by atoms with Crippen molar-refractivity contribution in [2.75, 3.05) is 26.2 Å². The molecule has 0 saturated carbocycles. The molecule has 6 nitrogen and oxygen atoms in total. The van der Waals surface area contributed by atoms with Gasteiger partial charge in [0.25, 0.3) is 5.91 Å². The average Bonchev–Trinajstić information content (AvgIpc) is 2.80. The Morgan fingerprint density at radius 1 is 1.13 bits per heavy atom. The van der Waals surface area contributed by atoms with Crippen molar-refractivity contribution in [1.29, 1.82) is 0 Å². The molecule has 1 N–H and O–H groups in total. The molecule has 0 atom stereocenters. The molecule has 0 unspecified atom stereocenters. The van der Waals surface area contributed by atoms with Crippen LogP contribution in [0.4, 0.5) is 0 Å². The summed E-state index contributed by atoms with van der Waals surface area (Å²) >= 11 is 0. The first kappa shape index (κ1) is 21.1. The summed E-state index contributed by atoms with van der Waals surface area (Å²) in [6.45, 7) is 2.56. The van der Waals surface area contributed by atoms with Crippen LogP contribution in [-0.2, 0) is 11.2 Å². The minimum absolute atomic E-state index is 0.0355. The average molecular weight is 420 g/mol. The van der Waals surface area contributed by atoms with Gasteiger partial charge in [-0.2, -0.15) is 0 Å². The second-order valence-corrected chi connectivity index (χ2v) is 8.41. The maximum atomic E-state index is 12.8. The summed E-state index contributed by atoms with van der Waals surface area (Å²) in [6.07, 6.45) is 11.6. The molecule has 6 heteroatoms. The third-order valence-corrected chi connectivity index (χ3v) is 6.27. The van der Waals surface area contributed by atoms with Crippen LogP contribution in [0, 0.1) is 5.41 Å². The maximum absolute atomic E-state index is 12.8. The second-order valence-electron chi connectivity index (χ2n) is 8.41. The number of nitrogens with zero attached hydrogens (tertiary/aromatic N) is 2. The number of para-hydroxylation sites is 1. The first-order chi connectivity index (χ1) is 15.2. The molecule has 31 heavy (non-hydrogen) atoms. The van der Waals surface area contributed by atoms with Crippen LogP contribution >= 0.6 is 0 Å². The lowest BCUT2D eigenvalue weighted by atomic mass is 9.75. The number of benzene rings is 1. The Kier molecular flexibility index (Phi) is 6.65. The predicted octanol–water partition coefficient (Wildman–Crippen LogP) is 3.39. The molecule has 2 amide bonds. The number of aromatic nitrogens is 1. The van der Waals surface area contributed by atoms with E-state index in [9.17, 15) is 9.59 Å². The van der Waals surface area contributed by atoms with E-state index in [1.54, 1.807) is 18.5 Å². The van der Waals surface area contributed by atoms with E-state index in [2.05, 4.69) is 22.5 Å². The molecular weight excluding hydrogens is 390 g/mol. The lowest BCUT2D eigenvalue weighted by Crippen LogP contribution is -2.48. The minimum Gasteiger partial charge on any atom is -0.492 e. The van der Waals surface area contributed by atoms with Gasteiger partial charge in [0.05, 0.1) is 18.6 Å². The van der Waals surface area contributed by atoms with Crippen LogP contribution in [0.2, 0.25) is 0 Å². The highest BCUT2D eigenvalue weighted by atomic mass is 16.5. The van der Waals surface area contributed by atoms with Gasteiger partial charge in [0.15, 0.2) is 0 Å². The van der Waals surface area contributed by atoms with Gasteiger partial charge in [0.1, 0.15) is 5.75 Å². The molecule has 2 aliphatic heterocycles. The fourth-order valence-corrected chi connectivity index (χ4v) is 4.30. The van der Waals surface area contributed by atoms with Crippen molar-refractivity contribution >= 4 is 11.8 Å². The number of piperidine rings is 1. The number of hydrogen-bond acceptors (Lipinski definition) is 4. The van der Waals surface area contributed by atoms with Crippen LogP contribution < -0.4 is 10.1 Å². The van der Waals surface area contributed by atoms with Crippen LogP contribution in [0.3, 0.4) is 0 Å². The third-order valence-electron chi connectivity index (χ3n) is 6.27. The van der Waals surface area contributed by atoms with E-state index in [0.29, 0.717) is 44.0 Å². The van der Waals surface area contributed by atoms with Crippen LogP contribution in [0.15, 0.2) is 60.9 Å². The molecule has 2 aromatic rings. The van der Waals surface area contributed by atoms with Gasteiger partial charge in [-0.25, -0.2) is 0 Å². The number of likely N-dealkylation sites (tertiary alicyclic amines) is 1.